The van der Waals surface area contributed by atoms with Crippen molar-refractivity contribution in [2.75, 3.05) is 9.80 Å². The predicted octanol–water partition coefficient (Wildman–Crippen LogP) is 23.6. The zero-order chi connectivity index (χ0) is 70.7. The molecule has 0 atom stereocenters. The summed E-state index contributed by atoms with van der Waals surface area (Å²) < 4.78 is 2.58. The molecule has 4 heteroatoms. The second kappa shape index (κ2) is 20.8. The van der Waals surface area contributed by atoms with Gasteiger partial charge in [0.1, 0.15) is 0 Å². The first-order chi connectivity index (χ1) is 54.1. The Kier molecular flexibility index (Phi) is 11.2. The van der Waals surface area contributed by atoms with Crippen LogP contribution < -0.4 is 26.2 Å². The lowest BCUT2D eigenvalue weighted by molar-refractivity contribution is 0.793. The Morgan fingerprint density at radius 2 is 0.569 bits per heavy atom. The van der Waals surface area contributed by atoms with Crippen LogP contribution in [0.3, 0.4) is 0 Å². The van der Waals surface area contributed by atoms with Crippen molar-refractivity contribution in [2.45, 2.75) is 16.2 Å². The molecule has 0 bridgehead atoms. The molecule has 0 saturated heterocycles. The fraction of sp³-hybridized carbons (Fsp3) is 0.0286. The van der Waals surface area contributed by atoms with Gasteiger partial charge in [-0.1, -0.05) is 328 Å². The fourth-order valence-corrected chi connectivity index (χ4v) is 22.8. The zero-order valence-electron chi connectivity index (χ0n) is 59.2. The highest BCUT2D eigenvalue weighted by Gasteiger charge is 2.59. The minimum atomic E-state index is -0.705. The van der Waals surface area contributed by atoms with Crippen molar-refractivity contribution in [3.05, 3.63) is 443 Å². The number of benzene rings is 17. The number of aromatic nitrogens is 1. The lowest BCUT2D eigenvalue weighted by Crippen LogP contribution is -2.62. The molecule has 3 spiro atoms. The van der Waals surface area contributed by atoms with E-state index in [1.54, 1.807) is 0 Å². The lowest BCUT2D eigenvalue weighted by Gasteiger charge is -2.47. The number of hydrogen-bond acceptors (Lipinski definition) is 2. The molecule has 0 unspecified atom stereocenters. The van der Waals surface area contributed by atoms with Crippen LogP contribution in [0.5, 0.6) is 0 Å². The Morgan fingerprint density at radius 1 is 0.220 bits per heavy atom. The summed E-state index contributed by atoms with van der Waals surface area (Å²) in [5.74, 6) is 0. The van der Waals surface area contributed by atoms with E-state index >= 15 is 0 Å². The predicted molar refractivity (Wildman–Crippen MR) is 449 cm³/mol. The smallest absolute Gasteiger partial charge is 0.252 e. The van der Waals surface area contributed by atoms with Gasteiger partial charge in [0.15, 0.2) is 0 Å². The highest BCUT2D eigenvalue weighted by molar-refractivity contribution is 7.00. The first-order valence-electron chi connectivity index (χ1n) is 38.4. The molecular formula is C105H62BN3. The molecular weight excluding hydrogens is 1310 g/mol. The largest absolute Gasteiger partial charge is 0.311 e. The third-order valence-electron chi connectivity index (χ3n) is 26.6. The van der Waals surface area contributed by atoms with Crippen molar-refractivity contribution in [1.82, 2.24) is 4.57 Å². The van der Waals surface area contributed by atoms with Crippen LogP contribution in [0, 0.1) is 0 Å². The molecule has 109 heavy (non-hydrogen) atoms. The van der Waals surface area contributed by atoms with Crippen molar-refractivity contribution < 1.29 is 0 Å². The summed E-state index contributed by atoms with van der Waals surface area (Å²) in [7, 11) is 0. The summed E-state index contributed by atoms with van der Waals surface area (Å²) in [6.45, 7) is -0.285. The molecule has 3 nitrogen and oxygen atoms in total. The minimum Gasteiger partial charge on any atom is -0.311 e. The number of anilines is 6. The summed E-state index contributed by atoms with van der Waals surface area (Å²) in [6.07, 6.45) is 0. The maximum atomic E-state index is 2.79. The molecule has 3 heterocycles. The minimum absolute atomic E-state index is 0.285. The molecule has 17 aromatic carbocycles. The van der Waals surface area contributed by atoms with Crippen LogP contribution in [0.1, 0.15) is 66.8 Å². The first-order valence-corrected chi connectivity index (χ1v) is 38.4. The molecule has 8 aliphatic rings. The SMILES string of the molecule is c1ccc(-c2ccc(N3c4cc(-n5c6ccccc6c6ccccc65)cc5c4B(c4ccc6c(c4N5c4ccc5c(c4)C4(c7ccccc7-c7ccccc74)c4ccccc4-5)-c4ccccc4C64c5ccccc5-c5ccccc54)c4ccc5c(c43)C3(c4ccccc4-c4ccccc43)c3ccccc3-5)cc2)cc1. The average molecular weight is 1380 g/mol. The maximum absolute atomic E-state index is 2.79. The number of fused-ring (bicyclic) bond motifs is 39. The molecule has 0 amide bonds. The molecule has 0 radical (unpaired) electrons. The van der Waals surface area contributed by atoms with Crippen LogP contribution >= 0.6 is 0 Å². The zero-order valence-corrected chi connectivity index (χ0v) is 59.2. The molecule has 0 N–H and O–H groups in total. The van der Waals surface area contributed by atoms with E-state index in [2.05, 4.69) is 390 Å². The molecule has 2 aliphatic heterocycles. The summed E-state index contributed by atoms with van der Waals surface area (Å²) in [4.78, 5) is 5.55. The standard InChI is InChI=1S/C105H62BN3/c1-2-26-63(27-3-1)64-50-52-65(53-51-64)108-96-61-67(107-94-48-24-13-36-77(94)78-37-14-25-49-95(78)107)62-97-100(96)106(93-58-56-79-75-35-11-22-46-88(75)105(99(79)102(93)108)86-44-20-9-32-72(86)73-33-10-21-45-87(73)105)92-59-57-90-98(80-38-12-23-47-89(80)103(90)81-39-15-4-28-68(81)69-29-5-16-40-82(69)103)101(92)109(97)66-54-55-76-74-34-8-19-43-85(74)104(91(76)60-66)83-41-17-6-30-70(83)71-31-7-18-42-84(71)104/h1-62H. The van der Waals surface area contributed by atoms with E-state index in [9.17, 15) is 0 Å². The van der Waals surface area contributed by atoms with E-state index in [0.717, 1.165) is 39.5 Å². The van der Waals surface area contributed by atoms with E-state index in [4.69, 9.17) is 0 Å². The number of hydrogen-bond donors (Lipinski definition) is 0. The average Bonchev–Trinajstić information content (AvgIpc) is 1.58. The maximum Gasteiger partial charge on any atom is 0.252 e. The van der Waals surface area contributed by atoms with Gasteiger partial charge in [-0.15, -0.1) is 0 Å². The van der Waals surface area contributed by atoms with Crippen LogP contribution in [0.4, 0.5) is 34.1 Å². The van der Waals surface area contributed by atoms with Gasteiger partial charge >= 0.3 is 0 Å². The van der Waals surface area contributed by atoms with Gasteiger partial charge in [-0.3, -0.25) is 0 Å². The van der Waals surface area contributed by atoms with Crippen molar-refractivity contribution in [2.24, 2.45) is 0 Å². The van der Waals surface area contributed by atoms with E-state index in [-0.39, 0.29) is 6.71 Å². The summed E-state index contributed by atoms with van der Waals surface area (Å²) >= 11 is 0. The Morgan fingerprint density at radius 3 is 1.06 bits per heavy atom. The topological polar surface area (TPSA) is 11.4 Å². The normalized spacial score (nSPS) is 15.0. The summed E-state index contributed by atoms with van der Waals surface area (Å²) in [6, 6.07) is 146. The molecule has 0 saturated carbocycles. The van der Waals surface area contributed by atoms with E-state index < -0.39 is 16.2 Å². The Balaban J connectivity index is 0.856. The molecule has 1 aromatic heterocycles. The quantitative estimate of drug-likeness (QED) is 0.163. The fourth-order valence-electron chi connectivity index (χ4n) is 22.8. The Bertz CT molecular complexity index is 6930. The Hall–Kier alpha value is -13.8. The van der Waals surface area contributed by atoms with Gasteiger partial charge in [0.05, 0.1) is 33.0 Å². The third-order valence-corrected chi connectivity index (χ3v) is 26.6. The number of para-hydroxylation sites is 2. The van der Waals surface area contributed by atoms with Gasteiger partial charge in [-0.05, 0) is 198 Å². The van der Waals surface area contributed by atoms with Crippen molar-refractivity contribution >= 4 is 79.0 Å². The molecule has 26 rings (SSSR count). The highest BCUT2D eigenvalue weighted by Crippen LogP contribution is 2.70. The molecule has 0 fully saturated rings. The third kappa shape index (κ3) is 6.92. The number of rotatable bonds is 4. The highest BCUT2D eigenvalue weighted by atomic mass is 15.2. The molecule has 6 aliphatic carbocycles. The van der Waals surface area contributed by atoms with Gasteiger partial charge < -0.3 is 14.4 Å². The monoisotopic (exact) mass is 1380 g/mol. The van der Waals surface area contributed by atoms with Gasteiger partial charge in [-0.2, -0.15) is 0 Å². The second-order valence-electron chi connectivity index (χ2n) is 31.0. The lowest BCUT2D eigenvalue weighted by atomic mass is 9.33. The van der Waals surface area contributed by atoms with E-state index in [1.165, 1.54) is 183 Å². The van der Waals surface area contributed by atoms with Crippen LogP contribution in [0.25, 0.3) is 105 Å². The Labute approximate surface area is 631 Å². The van der Waals surface area contributed by atoms with Gasteiger partial charge in [0.25, 0.3) is 6.71 Å². The van der Waals surface area contributed by atoms with Crippen LogP contribution in [0.2, 0.25) is 0 Å². The van der Waals surface area contributed by atoms with Crippen molar-refractivity contribution in [3.63, 3.8) is 0 Å². The summed E-state index contributed by atoms with van der Waals surface area (Å²) in [5.41, 5.74) is 45.7. The second-order valence-corrected chi connectivity index (χ2v) is 31.0. The molecule has 18 aromatic rings. The first kappa shape index (κ1) is 58.5. The van der Waals surface area contributed by atoms with Gasteiger partial charge in [0, 0.05) is 56.0 Å². The summed E-state index contributed by atoms with van der Waals surface area (Å²) in [5, 5.41) is 2.44. The van der Waals surface area contributed by atoms with Crippen LogP contribution in [0.15, 0.2) is 376 Å². The van der Waals surface area contributed by atoms with Crippen LogP contribution in [-0.4, -0.2) is 11.3 Å². The molecule has 500 valence electrons. The van der Waals surface area contributed by atoms with Gasteiger partial charge in [-0.25, -0.2) is 0 Å². The van der Waals surface area contributed by atoms with Gasteiger partial charge in [0.2, 0.25) is 0 Å². The van der Waals surface area contributed by atoms with E-state index in [0.29, 0.717) is 0 Å². The van der Waals surface area contributed by atoms with Crippen LogP contribution in [-0.2, 0) is 16.2 Å². The number of nitrogens with zero attached hydrogens (tertiary/aromatic N) is 3. The van der Waals surface area contributed by atoms with Crippen molar-refractivity contribution in [3.8, 4) is 83.6 Å². The van der Waals surface area contributed by atoms with Crippen molar-refractivity contribution in [1.29, 1.82) is 0 Å². The van der Waals surface area contributed by atoms with E-state index in [1.807, 2.05) is 0 Å².